The van der Waals surface area contributed by atoms with Crippen LogP contribution in [0.2, 0.25) is 0 Å². The summed E-state index contributed by atoms with van der Waals surface area (Å²) in [7, 11) is 0. The van der Waals surface area contributed by atoms with E-state index in [0.717, 1.165) is 79.0 Å². The van der Waals surface area contributed by atoms with Crippen molar-refractivity contribution < 1.29 is 91.9 Å². The molecule has 10 aromatic carbocycles. The average molecular weight is 1790 g/mol. The predicted molar refractivity (Wildman–Crippen MR) is 482 cm³/mol. The molecule has 3 saturated heterocycles. The number of amides is 3. The lowest BCUT2D eigenvalue weighted by Crippen LogP contribution is -2.22. The minimum absolute atomic E-state index is 0. The van der Waals surface area contributed by atoms with E-state index in [1.54, 1.807) is 176 Å². The summed E-state index contributed by atoms with van der Waals surface area (Å²) in [6.45, 7) is 3.25. The molecule has 17 rings (SSSR count). The molecule has 14 aromatic rings. The molecule has 3 aliphatic heterocycles. The second kappa shape index (κ2) is 47.8. The number of aldehydes is 1. The molecule has 3 amide bonds. The third kappa shape index (κ3) is 27.7. The van der Waals surface area contributed by atoms with Crippen LogP contribution < -0.4 is 29.6 Å². The Morgan fingerprint density at radius 1 is 0.406 bits per heavy atom. The molecular formula is C99H84N6O19S4. The number of aliphatic hydroxyl groups excluding tert-OH is 1. The molecule has 6 N–H and O–H groups in total. The highest BCUT2D eigenvalue weighted by Gasteiger charge is 2.33. The van der Waals surface area contributed by atoms with Crippen molar-refractivity contribution in [1.29, 1.82) is 0 Å². The SMILES string of the molecule is C.O=C(Oc1ccccc1)c1cccc(CO)c1.O=C(c1ccccc1)c1cccc(COc2ccc(Sc3ccncc3C3OCCO3)cc2)c1.O=C1NC(=O)C(c2cnccc2Sc2ccc(OCc3cccc(C(=O)O)c3)cc2)N1.O=Cc1cnccc1Sc1ccc(OCc2cccc(C(=O)O)c2)cc1.Oc1ccc(Sc2ccncc2C2OCCO2)cc1. The molecule has 3 fully saturated rings. The Balaban J connectivity index is 0.000000148. The lowest BCUT2D eigenvalue weighted by Gasteiger charge is -2.14. The van der Waals surface area contributed by atoms with Crippen LogP contribution >= 0.6 is 47.0 Å². The van der Waals surface area contributed by atoms with Gasteiger partial charge in [0.25, 0.3) is 5.91 Å². The number of aromatic hydroxyl groups is 1. The van der Waals surface area contributed by atoms with Crippen molar-refractivity contribution in [3.63, 3.8) is 0 Å². The number of hydrogen-bond donors (Lipinski definition) is 6. The zero-order chi connectivity index (χ0) is 88.5. The van der Waals surface area contributed by atoms with Gasteiger partial charge in [0.15, 0.2) is 24.6 Å². The number of rotatable bonds is 28. The molecule has 1 atom stereocenters. The van der Waals surface area contributed by atoms with Crippen LogP contribution in [0, 0.1) is 0 Å². The Labute approximate surface area is 754 Å². The van der Waals surface area contributed by atoms with Gasteiger partial charge in [-0.05, 0) is 198 Å². The number of phenols is 1. The van der Waals surface area contributed by atoms with Crippen LogP contribution in [-0.2, 0) is 50.2 Å². The number of ether oxygens (including phenoxy) is 8. The first-order chi connectivity index (χ1) is 62.0. The highest BCUT2D eigenvalue weighted by molar-refractivity contribution is 8.00. The van der Waals surface area contributed by atoms with E-state index in [9.17, 15) is 38.7 Å². The van der Waals surface area contributed by atoms with Gasteiger partial charge in [0, 0.05) is 122 Å². The summed E-state index contributed by atoms with van der Waals surface area (Å²) in [6.07, 6.45) is 13.6. The summed E-state index contributed by atoms with van der Waals surface area (Å²) in [4.78, 5) is 105. The molecule has 0 saturated carbocycles. The Bertz CT molecular complexity index is 6060. The molecular weight excluding hydrogens is 1710 g/mol. The van der Waals surface area contributed by atoms with E-state index in [-0.39, 0.29) is 62.5 Å². The van der Waals surface area contributed by atoms with Crippen molar-refractivity contribution in [2.45, 2.75) is 91.6 Å². The van der Waals surface area contributed by atoms with Crippen LogP contribution in [0.1, 0.15) is 122 Å². The quantitative estimate of drug-likeness (QED) is 0.00872. The van der Waals surface area contributed by atoms with Gasteiger partial charge in [-0.2, -0.15) is 0 Å². The molecule has 128 heavy (non-hydrogen) atoms. The minimum atomic E-state index is -0.978. The number of carbonyl (C=O) groups is 7. The van der Waals surface area contributed by atoms with Crippen LogP contribution in [0.3, 0.4) is 0 Å². The number of nitrogens with zero attached hydrogens (tertiary/aromatic N) is 4. The molecule has 0 aliphatic carbocycles. The van der Waals surface area contributed by atoms with Crippen LogP contribution in [0.15, 0.2) is 368 Å². The first-order valence-corrected chi connectivity index (χ1v) is 42.6. The average Bonchev–Trinajstić information content (AvgIpc) is 1.73. The number of urea groups is 1. The third-order valence-corrected chi connectivity index (χ3v) is 22.9. The first kappa shape index (κ1) is 93.1. The maximum Gasteiger partial charge on any atom is 0.343 e. The largest absolute Gasteiger partial charge is 0.508 e. The van der Waals surface area contributed by atoms with Crippen LogP contribution in [-0.4, -0.2) is 109 Å². The van der Waals surface area contributed by atoms with Gasteiger partial charge in [-0.1, -0.05) is 158 Å². The molecule has 29 heteroatoms. The Hall–Kier alpha value is -14.1. The smallest absolute Gasteiger partial charge is 0.343 e. The standard InChI is InChI=1S/C28H23NO4S.C22H17N3O5S.C20H15NO4S.C14H13NO3S.C14H12O3.CH4/c30-27(21-6-2-1-3-7-21)22-8-4-5-20(17-22)19-33-23-9-11-24(12-10-23)34-26-13-14-29-18-25(26)28-31-15-16-32-28;26-20-19(24-22(29)25-20)17-11-23-9-8-18(17)31-16-6-4-15(5-7-16)30-12-13-2-1-3-14(10-13)21(27)28;22-12-16-11-21-9-8-19(16)26-18-6-4-17(5-7-18)25-13-14-2-1-3-15(10-14)20(23)24;16-10-1-3-11(4-2-10)19-13-5-6-15-9-12(13)14-17-7-8-18-14;15-10-11-5-4-6-12(9-11)14(16)17-13-7-2-1-3-8-13;/h1-14,17-18,28H,15-16,19H2;1-11,19H,12H2,(H,27,28)(H2,24,25,26,29);1-12H,13H2,(H,23,24);1-6,9,14,16H,7-8H2;1-9,15H,10H2;1H4. The predicted octanol–water partition coefficient (Wildman–Crippen LogP) is 19.8. The topological polar surface area (TPSA) is 350 Å². The number of aliphatic hydroxyl groups is 1. The highest BCUT2D eigenvalue weighted by atomic mass is 32.2. The Morgan fingerprint density at radius 3 is 1.20 bits per heavy atom. The molecule has 25 nitrogen and oxygen atoms in total. The number of nitrogens with one attached hydrogen (secondary N) is 2. The van der Waals surface area contributed by atoms with E-state index in [4.69, 9.17) is 53.2 Å². The molecule has 1 unspecified atom stereocenters. The van der Waals surface area contributed by atoms with Crippen LogP contribution in [0.25, 0.3) is 0 Å². The highest BCUT2D eigenvalue weighted by Crippen LogP contribution is 2.40. The number of aromatic nitrogens is 4. The second-order valence-corrected chi connectivity index (χ2v) is 31.9. The summed E-state index contributed by atoms with van der Waals surface area (Å²) in [5.41, 5.74) is 8.45. The number of phenolic OH excluding ortho intramolecular Hbond substituents is 1. The van der Waals surface area contributed by atoms with E-state index in [2.05, 4.69) is 30.6 Å². The van der Waals surface area contributed by atoms with E-state index in [1.807, 2.05) is 164 Å². The van der Waals surface area contributed by atoms with Gasteiger partial charge in [-0.25, -0.2) is 19.2 Å². The van der Waals surface area contributed by atoms with Gasteiger partial charge in [-0.15, -0.1) is 0 Å². The van der Waals surface area contributed by atoms with Gasteiger partial charge >= 0.3 is 23.9 Å². The number of esters is 1. The molecule has 0 spiro atoms. The summed E-state index contributed by atoms with van der Waals surface area (Å²) in [5.74, 6) is 0.0975. The fraction of sp³-hybridized carbons (Fsp3) is 0.121. The summed E-state index contributed by atoms with van der Waals surface area (Å²) in [5, 5.41) is 41.2. The number of imide groups is 1. The number of para-hydroxylation sites is 1. The summed E-state index contributed by atoms with van der Waals surface area (Å²) >= 11 is 6.15. The zero-order valence-electron chi connectivity index (χ0n) is 67.5. The summed E-state index contributed by atoms with van der Waals surface area (Å²) in [6, 6.07) is 81.9. The molecule has 648 valence electrons. The number of ketones is 1. The molecule has 3 aliphatic rings. The molecule has 0 bridgehead atoms. The maximum absolute atomic E-state index is 12.7. The van der Waals surface area contributed by atoms with E-state index >= 15 is 0 Å². The van der Waals surface area contributed by atoms with Crippen molar-refractivity contribution in [2.24, 2.45) is 0 Å². The molecule has 4 aromatic heterocycles. The number of carboxylic acid groups (broad SMARTS) is 2. The van der Waals surface area contributed by atoms with E-state index < -0.39 is 35.9 Å². The second-order valence-electron chi connectivity index (χ2n) is 27.5. The van der Waals surface area contributed by atoms with Gasteiger partial charge in [0.1, 0.15) is 54.6 Å². The number of carboxylic acids is 2. The van der Waals surface area contributed by atoms with Crippen LogP contribution in [0.4, 0.5) is 4.79 Å². The number of aromatic carboxylic acids is 2. The van der Waals surface area contributed by atoms with E-state index in [0.29, 0.717) is 83.7 Å². The van der Waals surface area contributed by atoms with Crippen molar-refractivity contribution >= 4 is 89.0 Å². The van der Waals surface area contributed by atoms with Gasteiger partial charge < -0.3 is 63.6 Å². The number of carbonyl (C=O) groups excluding carboxylic acids is 5. The van der Waals surface area contributed by atoms with Crippen molar-refractivity contribution in [2.75, 3.05) is 26.4 Å². The Morgan fingerprint density at radius 2 is 0.773 bits per heavy atom. The molecule has 7 heterocycles. The lowest BCUT2D eigenvalue weighted by molar-refractivity contribution is -0.120. The fourth-order valence-corrected chi connectivity index (χ4v) is 15.9. The minimum Gasteiger partial charge on any atom is -0.508 e. The monoisotopic (exact) mass is 1790 g/mol. The van der Waals surface area contributed by atoms with Gasteiger partial charge in [-0.3, -0.25) is 39.6 Å². The summed E-state index contributed by atoms with van der Waals surface area (Å²) < 4.78 is 44.9. The fourth-order valence-electron chi connectivity index (χ4n) is 12.3. The first-order valence-electron chi connectivity index (χ1n) is 39.3. The molecule has 0 radical (unpaired) electrons. The number of benzene rings is 10. The van der Waals surface area contributed by atoms with Gasteiger partial charge in [0.05, 0.1) is 49.7 Å². The van der Waals surface area contributed by atoms with E-state index in [1.165, 1.54) is 35.8 Å². The zero-order valence-corrected chi connectivity index (χ0v) is 70.7. The lowest BCUT2D eigenvalue weighted by atomic mass is 10.0. The van der Waals surface area contributed by atoms with Crippen molar-refractivity contribution in [1.82, 2.24) is 30.6 Å². The maximum atomic E-state index is 12.7. The number of pyridine rings is 4. The van der Waals surface area contributed by atoms with Crippen molar-refractivity contribution in [3.05, 3.63) is 401 Å². The number of hydrogen-bond acceptors (Lipinski definition) is 25. The van der Waals surface area contributed by atoms with Crippen molar-refractivity contribution in [3.8, 4) is 28.7 Å². The van der Waals surface area contributed by atoms with Gasteiger partial charge in [0.2, 0.25) is 0 Å². The normalized spacial score (nSPS) is 13.1. The van der Waals surface area contributed by atoms with Crippen LogP contribution in [0.5, 0.6) is 28.7 Å². The Kier molecular flexibility index (Phi) is 34.8. The third-order valence-electron chi connectivity index (χ3n) is 18.5.